The van der Waals surface area contributed by atoms with Gasteiger partial charge in [-0.3, -0.25) is 4.90 Å². The van der Waals surface area contributed by atoms with Crippen molar-refractivity contribution >= 4 is 11.8 Å². The Morgan fingerprint density at radius 2 is 1.67 bits per heavy atom. The third-order valence-corrected chi connectivity index (χ3v) is 4.93. The summed E-state index contributed by atoms with van der Waals surface area (Å²) in [5.41, 5.74) is 6.25. The van der Waals surface area contributed by atoms with Crippen LogP contribution >= 0.6 is 11.8 Å². The monoisotopic (exact) mass is 228 g/mol. The quantitative estimate of drug-likeness (QED) is 0.745. The number of nitrogens with two attached hydrogens (primary N) is 1. The minimum Gasteiger partial charge on any atom is -0.326 e. The lowest BCUT2D eigenvalue weighted by atomic mass is 9.89. The maximum absolute atomic E-state index is 6.25. The second kappa shape index (κ2) is 5.07. The molecule has 1 aliphatic carbocycles. The lowest BCUT2D eigenvalue weighted by molar-refractivity contribution is 0.136. The van der Waals surface area contributed by atoms with Gasteiger partial charge in [0.2, 0.25) is 0 Å². The third kappa shape index (κ3) is 2.89. The molecule has 0 aromatic heterocycles. The molecule has 0 spiro atoms. The van der Waals surface area contributed by atoms with E-state index in [1.54, 1.807) is 0 Å². The highest BCUT2D eigenvalue weighted by molar-refractivity contribution is 8.00. The van der Waals surface area contributed by atoms with Crippen LogP contribution in [0.15, 0.2) is 0 Å². The fraction of sp³-hybridized carbons (Fsp3) is 1.00. The van der Waals surface area contributed by atoms with Crippen molar-refractivity contribution in [1.82, 2.24) is 4.90 Å². The van der Waals surface area contributed by atoms with E-state index in [-0.39, 0.29) is 0 Å². The number of hydrogen-bond donors (Lipinski definition) is 1. The minimum atomic E-state index is 0.432. The third-order valence-electron chi connectivity index (χ3n) is 3.70. The molecule has 1 saturated carbocycles. The molecule has 2 rings (SSSR count). The van der Waals surface area contributed by atoms with E-state index in [9.17, 15) is 0 Å². The lowest BCUT2D eigenvalue weighted by Crippen LogP contribution is -2.54. The molecule has 4 unspecified atom stereocenters. The van der Waals surface area contributed by atoms with E-state index in [2.05, 4.69) is 30.5 Å². The van der Waals surface area contributed by atoms with Crippen LogP contribution in [0.25, 0.3) is 0 Å². The molecule has 1 saturated heterocycles. The van der Waals surface area contributed by atoms with Gasteiger partial charge in [0.25, 0.3) is 0 Å². The van der Waals surface area contributed by atoms with Crippen LogP contribution in [0.2, 0.25) is 0 Å². The Balaban J connectivity index is 1.95. The first-order chi connectivity index (χ1) is 7.16. The number of nitrogens with zero attached hydrogens (tertiary/aromatic N) is 1. The van der Waals surface area contributed by atoms with Crippen molar-refractivity contribution in [2.45, 2.75) is 62.1 Å². The molecule has 3 heteroatoms. The highest BCUT2D eigenvalue weighted by Crippen LogP contribution is 2.30. The fourth-order valence-corrected chi connectivity index (χ4v) is 4.43. The highest BCUT2D eigenvalue weighted by Gasteiger charge is 2.32. The van der Waals surface area contributed by atoms with Gasteiger partial charge in [-0.25, -0.2) is 0 Å². The predicted octanol–water partition coefficient (Wildman–Crippen LogP) is 2.08. The zero-order valence-corrected chi connectivity index (χ0v) is 10.8. The van der Waals surface area contributed by atoms with Gasteiger partial charge in [0.05, 0.1) is 0 Å². The van der Waals surface area contributed by atoms with Crippen molar-refractivity contribution in [1.29, 1.82) is 0 Å². The Labute approximate surface area is 98.0 Å². The first kappa shape index (κ1) is 11.7. The van der Waals surface area contributed by atoms with Gasteiger partial charge in [-0.2, -0.15) is 11.8 Å². The molecule has 0 bridgehead atoms. The molecule has 88 valence electrons. The van der Waals surface area contributed by atoms with Gasteiger partial charge in [-0.1, -0.05) is 26.7 Å². The van der Waals surface area contributed by atoms with Crippen LogP contribution in [0.4, 0.5) is 0 Å². The molecule has 0 amide bonds. The normalized spacial score (nSPS) is 44.2. The largest absolute Gasteiger partial charge is 0.326 e. The Bertz CT molecular complexity index is 200. The summed E-state index contributed by atoms with van der Waals surface area (Å²) in [6, 6.07) is 1.10. The van der Waals surface area contributed by atoms with Crippen molar-refractivity contribution in [3.05, 3.63) is 0 Å². The maximum Gasteiger partial charge on any atom is 0.0248 e. The smallest absolute Gasteiger partial charge is 0.0248 e. The average Bonchev–Trinajstić information content (AvgIpc) is 2.16. The zero-order chi connectivity index (χ0) is 10.8. The Morgan fingerprint density at radius 1 is 1.07 bits per heavy atom. The number of thioether (sulfide) groups is 1. The fourth-order valence-electron chi connectivity index (χ4n) is 3.08. The van der Waals surface area contributed by atoms with Crippen molar-refractivity contribution in [2.24, 2.45) is 5.73 Å². The molecule has 0 aromatic carbocycles. The SMILES string of the molecule is CC1CN(C2CCCCC2N)CC(C)S1. The lowest BCUT2D eigenvalue weighted by Gasteiger charge is -2.43. The second-order valence-electron chi connectivity index (χ2n) is 5.23. The summed E-state index contributed by atoms with van der Waals surface area (Å²) in [5, 5.41) is 1.56. The van der Waals surface area contributed by atoms with E-state index in [0.717, 1.165) is 10.5 Å². The Hall–Kier alpha value is 0.270. The first-order valence-electron chi connectivity index (χ1n) is 6.32. The molecular formula is C12H24N2S. The van der Waals surface area contributed by atoms with Gasteiger partial charge in [0, 0.05) is 35.7 Å². The van der Waals surface area contributed by atoms with Crippen LogP contribution in [0, 0.1) is 0 Å². The van der Waals surface area contributed by atoms with Gasteiger partial charge >= 0.3 is 0 Å². The van der Waals surface area contributed by atoms with Crippen LogP contribution in [0.5, 0.6) is 0 Å². The van der Waals surface area contributed by atoms with Crippen LogP contribution in [-0.2, 0) is 0 Å². The molecule has 2 nitrogen and oxygen atoms in total. The summed E-state index contributed by atoms with van der Waals surface area (Å²) in [5.74, 6) is 0. The molecule has 1 aliphatic heterocycles. The molecule has 2 N–H and O–H groups in total. The summed E-state index contributed by atoms with van der Waals surface area (Å²) in [6.07, 6.45) is 5.28. The maximum atomic E-state index is 6.25. The van der Waals surface area contributed by atoms with E-state index < -0.39 is 0 Å². The summed E-state index contributed by atoms with van der Waals surface area (Å²) < 4.78 is 0. The molecular weight excluding hydrogens is 204 g/mol. The second-order valence-corrected chi connectivity index (χ2v) is 7.11. The summed E-state index contributed by atoms with van der Waals surface area (Å²) in [6.45, 7) is 7.18. The first-order valence-corrected chi connectivity index (χ1v) is 7.26. The molecule has 0 aromatic rings. The Morgan fingerprint density at radius 3 is 2.27 bits per heavy atom. The molecule has 15 heavy (non-hydrogen) atoms. The van der Waals surface area contributed by atoms with Gasteiger partial charge < -0.3 is 5.73 Å². The van der Waals surface area contributed by atoms with Gasteiger partial charge in [0.15, 0.2) is 0 Å². The summed E-state index contributed by atoms with van der Waals surface area (Å²) in [7, 11) is 0. The summed E-state index contributed by atoms with van der Waals surface area (Å²) >= 11 is 2.13. The standard InChI is InChI=1S/C12H24N2S/c1-9-7-14(8-10(2)15-9)12-6-4-3-5-11(12)13/h9-12H,3-8,13H2,1-2H3. The van der Waals surface area contributed by atoms with E-state index >= 15 is 0 Å². The van der Waals surface area contributed by atoms with E-state index in [0.29, 0.717) is 12.1 Å². The van der Waals surface area contributed by atoms with Crippen LogP contribution in [0.3, 0.4) is 0 Å². The van der Waals surface area contributed by atoms with Crippen molar-refractivity contribution < 1.29 is 0 Å². The zero-order valence-electron chi connectivity index (χ0n) is 9.98. The van der Waals surface area contributed by atoms with Crippen LogP contribution in [0.1, 0.15) is 39.5 Å². The highest BCUT2D eigenvalue weighted by atomic mass is 32.2. The number of hydrogen-bond acceptors (Lipinski definition) is 3. The van der Waals surface area contributed by atoms with Crippen molar-refractivity contribution in [2.75, 3.05) is 13.1 Å². The molecule has 2 fully saturated rings. The van der Waals surface area contributed by atoms with E-state index in [1.807, 2.05) is 0 Å². The van der Waals surface area contributed by atoms with Crippen LogP contribution < -0.4 is 5.73 Å². The molecule has 4 atom stereocenters. The van der Waals surface area contributed by atoms with Crippen molar-refractivity contribution in [3.8, 4) is 0 Å². The Kier molecular flexibility index (Phi) is 3.97. The molecule has 2 aliphatic rings. The predicted molar refractivity (Wildman–Crippen MR) is 68.3 cm³/mol. The van der Waals surface area contributed by atoms with Crippen LogP contribution in [-0.4, -0.2) is 40.6 Å². The topological polar surface area (TPSA) is 29.3 Å². The van der Waals surface area contributed by atoms with E-state index in [4.69, 9.17) is 5.73 Å². The molecule has 0 radical (unpaired) electrons. The van der Waals surface area contributed by atoms with Gasteiger partial charge in [-0.05, 0) is 12.8 Å². The average molecular weight is 228 g/mol. The van der Waals surface area contributed by atoms with Gasteiger partial charge in [-0.15, -0.1) is 0 Å². The van der Waals surface area contributed by atoms with Crippen molar-refractivity contribution in [3.63, 3.8) is 0 Å². The molecule has 1 heterocycles. The van der Waals surface area contributed by atoms with E-state index in [1.165, 1.54) is 38.8 Å². The van der Waals surface area contributed by atoms with Gasteiger partial charge in [0.1, 0.15) is 0 Å². The number of rotatable bonds is 1. The minimum absolute atomic E-state index is 0.432. The summed E-state index contributed by atoms with van der Waals surface area (Å²) in [4.78, 5) is 2.66.